The minimum absolute atomic E-state index is 0.0404. The van der Waals surface area contributed by atoms with E-state index in [4.69, 9.17) is 37.9 Å². The molecule has 0 fully saturated rings. The van der Waals surface area contributed by atoms with E-state index in [-0.39, 0.29) is 65.0 Å². The average Bonchev–Trinajstić information content (AvgIpc) is 3.30. The first kappa shape index (κ1) is 50.5. The SMILES string of the molecule is O=C(Cc1ccccc1)OCOC(=O)NCCN(CCN(CCNC(=O)OCOC(=O)Cc1ccccc1)C(=O)OCOC(=O)Cc1ccccc1)C(=O)OCOC(=O)Cc1ccccc1. The standard InChI is InChI=1S/C46H50N4O16/c51-39(27-35-13-5-1-6-14-35)59-31-63-43(55)47-21-23-49(45(57)65-33-61-41(53)29-37-17-9-3-10-18-37)25-26-50(46(58)66-34-62-42(54)30-38-19-11-4-12-20-38)24-22-48-44(56)64-32-60-40(52)28-36-15-7-2-8-16-36/h1-20H,21-34H2,(H,47,55)(H,48,56). The summed E-state index contributed by atoms with van der Waals surface area (Å²) >= 11 is 0. The number of ether oxygens (including phenoxy) is 8. The lowest BCUT2D eigenvalue weighted by Crippen LogP contribution is -2.46. The van der Waals surface area contributed by atoms with Crippen molar-refractivity contribution in [1.29, 1.82) is 0 Å². The molecular weight excluding hydrogens is 865 g/mol. The van der Waals surface area contributed by atoms with Crippen molar-refractivity contribution < 1.29 is 76.3 Å². The summed E-state index contributed by atoms with van der Waals surface area (Å²) in [6.07, 6.45) is -4.26. The molecule has 2 N–H and O–H groups in total. The fraction of sp³-hybridized carbons (Fsp3) is 0.304. The highest BCUT2D eigenvalue weighted by Crippen LogP contribution is 2.06. The lowest BCUT2D eigenvalue weighted by Gasteiger charge is -2.27. The van der Waals surface area contributed by atoms with Gasteiger partial charge in [-0.05, 0) is 22.3 Å². The summed E-state index contributed by atoms with van der Waals surface area (Å²) in [5, 5.41) is 4.82. The van der Waals surface area contributed by atoms with Gasteiger partial charge in [0, 0.05) is 39.3 Å². The van der Waals surface area contributed by atoms with Gasteiger partial charge in [-0.15, -0.1) is 0 Å². The monoisotopic (exact) mass is 914 g/mol. The van der Waals surface area contributed by atoms with Gasteiger partial charge in [-0.2, -0.15) is 0 Å². The molecule has 0 atom stereocenters. The maximum atomic E-state index is 13.3. The Hall–Kier alpha value is -8.16. The van der Waals surface area contributed by atoms with E-state index >= 15 is 0 Å². The zero-order valence-electron chi connectivity index (χ0n) is 35.9. The zero-order valence-corrected chi connectivity index (χ0v) is 35.9. The summed E-state index contributed by atoms with van der Waals surface area (Å²) in [4.78, 5) is 102. The summed E-state index contributed by atoms with van der Waals surface area (Å²) in [7, 11) is 0. The first-order chi connectivity index (χ1) is 32.0. The summed E-state index contributed by atoms with van der Waals surface area (Å²) in [5.74, 6) is -2.62. The molecule has 20 heteroatoms. The van der Waals surface area contributed by atoms with Crippen molar-refractivity contribution in [3.63, 3.8) is 0 Å². The fourth-order valence-corrected chi connectivity index (χ4v) is 5.54. The molecule has 0 spiro atoms. The summed E-state index contributed by atoms with van der Waals surface area (Å²) < 4.78 is 40.3. The quantitative estimate of drug-likeness (QED) is 0.0535. The number of carbonyl (C=O) groups is 8. The van der Waals surface area contributed by atoms with Crippen LogP contribution in [0.15, 0.2) is 121 Å². The zero-order chi connectivity index (χ0) is 47.2. The van der Waals surface area contributed by atoms with Gasteiger partial charge in [-0.3, -0.25) is 19.2 Å². The van der Waals surface area contributed by atoms with Gasteiger partial charge in [0.05, 0.1) is 25.7 Å². The average molecular weight is 915 g/mol. The lowest BCUT2D eigenvalue weighted by atomic mass is 10.2. The van der Waals surface area contributed by atoms with Crippen LogP contribution in [0.2, 0.25) is 0 Å². The van der Waals surface area contributed by atoms with Crippen LogP contribution in [-0.2, 0) is 82.8 Å². The molecule has 350 valence electrons. The van der Waals surface area contributed by atoms with E-state index in [2.05, 4.69) is 10.6 Å². The van der Waals surface area contributed by atoms with Crippen molar-refractivity contribution in [2.75, 3.05) is 66.4 Å². The number of alkyl carbamates (subject to hydrolysis) is 2. The minimum atomic E-state index is -1.01. The smallest absolute Gasteiger partial charge is 0.412 e. The molecule has 66 heavy (non-hydrogen) atoms. The van der Waals surface area contributed by atoms with Crippen LogP contribution in [0.5, 0.6) is 0 Å². The third-order valence-corrected chi connectivity index (χ3v) is 8.85. The predicted molar refractivity (Wildman–Crippen MR) is 229 cm³/mol. The number of amides is 4. The van der Waals surface area contributed by atoms with Crippen molar-refractivity contribution in [2.45, 2.75) is 25.7 Å². The number of esters is 4. The van der Waals surface area contributed by atoms with E-state index in [1.54, 1.807) is 121 Å². The van der Waals surface area contributed by atoms with Crippen molar-refractivity contribution in [3.8, 4) is 0 Å². The normalized spacial score (nSPS) is 10.2. The topological polar surface area (TPSA) is 241 Å². The fourth-order valence-electron chi connectivity index (χ4n) is 5.54. The maximum absolute atomic E-state index is 13.3. The van der Waals surface area contributed by atoms with Crippen LogP contribution in [0.4, 0.5) is 19.2 Å². The Morgan fingerprint density at radius 3 is 0.864 bits per heavy atom. The van der Waals surface area contributed by atoms with Crippen LogP contribution in [0.1, 0.15) is 22.3 Å². The Kier molecular flexibility index (Phi) is 22.4. The maximum Gasteiger partial charge on any atom is 0.412 e. The Morgan fingerprint density at radius 2 is 0.591 bits per heavy atom. The van der Waals surface area contributed by atoms with Crippen LogP contribution in [0, 0.1) is 0 Å². The molecule has 0 aliphatic carbocycles. The van der Waals surface area contributed by atoms with Crippen molar-refractivity contribution in [3.05, 3.63) is 144 Å². The van der Waals surface area contributed by atoms with Crippen molar-refractivity contribution >= 4 is 48.3 Å². The van der Waals surface area contributed by atoms with E-state index in [0.29, 0.717) is 22.3 Å². The van der Waals surface area contributed by atoms with Gasteiger partial charge in [-0.25, -0.2) is 19.2 Å². The Labute approximate surface area is 379 Å². The predicted octanol–water partition coefficient (Wildman–Crippen LogP) is 4.29. The number of benzene rings is 4. The molecule has 0 aliphatic rings. The van der Waals surface area contributed by atoms with E-state index in [9.17, 15) is 38.4 Å². The summed E-state index contributed by atoms with van der Waals surface area (Å²) in [5.41, 5.74) is 2.74. The Morgan fingerprint density at radius 1 is 0.333 bits per heavy atom. The second-order valence-electron chi connectivity index (χ2n) is 13.7. The van der Waals surface area contributed by atoms with Crippen LogP contribution < -0.4 is 10.6 Å². The summed E-state index contributed by atoms with van der Waals surface area (Å²) in [6.45, 7) is -4.41. The van der Waals surface area contributed by atoms with E-state index in [1.807, 2.05) is 0 Å². The largest absolute Gasteiger partial charge is 0.428 e. The van der Waals surface area contributed by atoms with E-state index in [1.165, 1.54) is 0 Å². The van der Waals surface area contributed by atoms with Gasteiger partial charge in [0.15, 0.2) is 0 Å². The third-order valence-electron chi connectivity index (χ3n) is 8.85. The molecule has 4 amide bonds. The van der Waals surface area contributed by atoms with Crippen molar-refractivity contribution in [1.82, 2.24) is 20.4 Å². The first-order valence-corrected chi connectivity index (χ1v) is 20.5. The molecule has 0 radical (unpaired) electrons. The van der Waals surface area contributed by atoms with E-state index in [0.717, 1.165) is 9.80 Å². The molecule has 0 bridgehead atoms. The molecule has 0 heterocycles. The molecule has 0 saturated carbocycles. The van der Waals surface area contributed by atoms with Gasteiger partial charge in [-0.1, -0.05) is 121 Å². The van der Waals surface area contributed by atoms with Gasteiger partial charge in [0.2, 0.25) is 27.2 Å². The number of nitrogens with one attached hydrogen (secondary N) is 2. The molecule has 4 aromatic rings. The summed E-state index contributed by atoms with van der Waals surface area (Å²) in [6, 6.07) is 35.0. The molecule has 0 aliphatic heterocycles. The molecule has 4 rings (SSSR count). The highest BCUT2D eigenvalue weighted by Gasteiger charge is 2.22. The Balaban J connectivity index is 1.32. The molecule has 0 aromatic heterocycles. The van der Waals surface area contributed by atoms with Crippen molar-refractivity contribution in [2.24, 2.45) is 0 Å². The number of rotatable bonds is 25. The second-order valence-corrected chi connectivity index (χ2v) is 13.7. The molecule has 0 saturated heterocycles. The van der Waals surface area contributed by atoms with E-state index < -0.39 is 75.4 Å². The van der Waals surface area contributed by atoms with Gasteiger partial charge < -0.3 is 58.3 Å². The highest BCUT2D eigenvalue weighted by molar-refractivity contribution is 5.75. The van der Waals surface area contributed by atoms with Crippen LogP contribution in [0.25, 0.3) is 0 Å². The molecule has 4 aromatic carbocycles. The lowest BCUT2D eigenvalue weighted by molar-refractivity contribution is -0.153. The van der Waals surface area contributed by atoms with Gasteiger partial charge >= 0.3 is 48.3 Å². The molecule has 20 nitrogen and oxygen atoms in total. The van der Waals surface area contributed by atoms with Crippen LogP contribution in [0.3, 0.4) is 0 Å². The molecule has 0 unspecified atom stereocenters. The van der Waals surface area contributed by atoms with Crippen LogP contribution in [-0.4, -0.2) is 124 Å². The van der Waals surface area contributed by atoms with Crippen LogP contribution >= 0.6 is 0 Å². The number of hydrogen-bond donors (Lipinski definition) is 2. The minimum Gasteiger partial charge on any atom is -0.428 e. The molecular formula is C46H50N4O16. The first-order valence-electron chi connectivity index (χ1n) is 20.5. The number of carbonyl (C=O) groups excluding carboxylic acids is 8. The van der Waals surface area contributed by atoms with Gasteiger partial charge in [0.25, 0.3) is 0 Å². The highest BCUT2D eigenvalue weighted by atomic mass is 16.7. The van der Waals surface area contributed by atoms with Gasteiger partial charge in [0.1, 0.15) is 0 Å². The second kappa shape index (κ2) is 29.3. The number of hydrogen-bond acceptors (Lipinski definition) is 16. The number of nitrogens with zero attached hydrogens (tertiary/aromatic N) is 2. The Bertz CT molecular complexity index is 1990. The third kappa shape index (κ3) is 21.3.